The van der Waals surface area contributed by atoms with Gasteiger partial charge < -0.3 is 9.80 Å². The molecule has 5 heteroatoms. The van der Waals surface area contributed by atoms with Crippen LogP contribution in [0.2, 0.25) is 0 Å². The number of piperazine rings is 1. The van der Waals surface area contributed by atoms with E-state index in [1.54, 1.807) is 0 Å². The van der Waals surface area contributed by atoms with Crippen molar-refractivity contribution in [3.8, 4) is 0 Å². The summed E-state index contributed by atoms with van der Waals surface area (Å²) in [5.74, 6) is 0.145. The summed E-state index contributed by atoms with van der Waals surface area (Å²) in [6, 6.07) is 10.5. The van der Waals surface area contributed by atoms with E-state index in [-0.39, 0.29) is 11.8 Å². The fourth-order valence-electron chi connectivity index (χ4n) is 4.05. The SMILES string of the molecule is CCCN(CCC)C(=O)C1(C(=O)N2CCN(Cc3ccccc3)CC2)CC1. The van der Waals surface area contributed by atoms with Crippen LogP contribution < -0.4 is 0 Å². The van der Waals surface area contributed by atoms with Gasteiger partial charge in [0.25, 0.3) is 0 Å². The normalized spacial score (nSPS) is 19.0. The summed E-state index contributed by atoms with van der Waals surface area (Å²) in [5, 5.41) is 0. The van der Waals surface area contributed by atoms with Gasteiger partial charge in [0.05, 0.1) is 0 Å². The summed E-state index contributed by atoms with van der Waals surface area (Å²) in [6.07, 6.45) is 3.32. The molecule has 1 heterocycles. The molecule has 0 N–H and O–H groups in total. The second kappa shape index (κ2) is 8.87. The Morgan fingerprint density at radius 3 is 2.07 bits per heavy atom. The lowest BCUT2D eigenvalue weighted by molar-refractivity contribution is -0.150. The molecule has 0 radical (unpaired) electrons. The Labute approximate surface area is 163 Å². The van der Waals surface area contributed by atoms with E-state index in [1.807, 2.05) is 15.9 Å². The number of amides is 2. The molecule has 1 aliphatic heterocycles. The van der Waals surface area contributed by atoms with Crippen molar-refractivity contribution in [2.75, 3.05) is 39.3 Å². The predicted octanol–water partition coefficient (Wildman–Crippen LogP) is 2.76. The molecule has 1 aromatic carbocycles. The monoisotopic (exact) mass is 371 g/mol. The maximum absolute atomic E-state index is 13.2. The third-order valence-corrected chi connectivity index (χ3v) is 5.75. The summed E-state index contributed by atoms with van der Waals surface area (Å²) >= 11 is 0. The van der Waals surface area contributed by atoms with Gasteiger partial charge in [0.1, 0.15) is 5.41 Å². The van der Waals surface area contributed by atoms with E-state index in [4.69, 9.17) is 0 Å². The Morgan fingerprint density at radius 1 is 0.963 bits per heavy atom. The lowest BCUT2D eigenvalue weighted by atomic mass is 10.0. The average molecular weight is 372 g/mol. The Bertz CT molecular complexity index is 628. The van der Waals surface area contributed by atoms with Crippen LogP contribution in [0.5, 0.6) is 0 Å². The Morgan fingerprint density at radius 2 is 1.56 bits per heavy atom. The van der Waals surface area contributed by atoms with E-state index in [0.29, 0.717) is 0 Å². The standard InChI is InChI=1S/C22H33N3O2/c1-3-12-24(13-4-2)20(26)22(10-11-22)21(27)25-16-14-23(15-17-25)18-19-8-6-5-7-9-19/h5-9H,3-4,10-18H2,1-2H3. The van der Waals surface area contributed by atoms with Gasteiger partial charge in [0, 0.05) is 45.8 Å². The van der Waals surface area contributed by atoms with E-state index in [0.717, 1.165) is 71.5 Å². The molecule has 1 aliphatic carbocycles. The Kier molecular flexibility index (Phi) is 6.53. The zero-order valence-corrected chi connectivity index (χ0v) is 16.8. The zero-order valence-electron chi connectivity index (χ0n) is 16.8. The van der Waals surface area contributed by atoms with Crippen molar-refractivity contribution < 1.29 is 9.59 Å². The maximum atomic E-state index is 13.2. The second-order valence-corrected chi connectivity index (χ2v) is 7.93. The second-order valence-electron chi connectivity index (χ2n) is 7.93. The molecule has 2 fully saturated rings. The molecule has 1 aromatic rings. The molecule has 0 bridgehead atoms. The Hall–Kier alpha value is -1.88. The first-order valence-corrected chi connectivity index (χ1v) is 10.5. The van der Waals surface area contributed by atoms with Gasteiger partial charge >= 0.3 is 0 Å². The van der Waals surface area contributed by atoms with Crippen LogP contribution in [0.4, 0.5) is 0 Å². The molecule has 3 rings (SSSR count). The van der Waals surface area contributed by atoms with Crippen LogP contribution in [0, 0.1) is 5.41 Å². The van der Waals surface area contributed by atoms with Crippen molar-refractivity contribution in [1.29, 1.82) is 0 Å². The molecule has 1 saturated carbocycles. The number of benzene rings is 1. The summed E-state index contributed by atoms with van der Waals surface area (Å²) in [6.45, 7) is 9.81. The minimum Gasteiger partial charge on any atom is -0.342 e. The molecular weight excluding hydrogens is 338 g/mol. The van der Waals surface area contributed by atoms with Crippen LogP contribution >= 0.6 is 0 Å². The van der Waals surface area contributed by atoms with Crippen molar-refractivity contribution in [1.82, 2.24) is 14.7 Å². The molecule has 1 saturated heterocycles. The molecule has 0 atom stereocenters. The quantitative estimate of drug-likeness (QED) is 0.660. The third kappa shape index (κ3) is 4.52. The topological polar surface area (TPSA) is 43.9 Å². The van der Waals surface area contributed by atoms with Gasteiger partial charge in [-0.25, -0.2) is 0 Å². The minimum absolute atomic E-state index is 0.0721. The minimum atomic E-state index is -0.744. The van der Waals surface area contributed by atoms with E-state index >= 15 is 0 Å². The molecule has 2 amide bonds. The largest absolute Gasteiger partial charge is 0.342 e. The molecule has 0 aromatic heterocycles. The highest BCUT2D eigenvalue weighted by atomic mass is 16.2. The summed E-state index contributed by atoms with van der Waals surface area (Å²) in [4.78, 5) is 32.5. The maximum Gasteiger partial charge on any atom is 0.238 e. The molecular formula is C22H33N3O2. The highest BCUT2D eigenvalue weighted by Gasteiger charge is 2.59. The average Bonchev–Trinajstić information content (AvgIpc) is 3.50. The summed E-state index contributed by atoms with van der Waals surface area (Å²) in [5.41, 5.74) is 0.562. The van der Waals surface area contributed by atoms with Crippen LogP contribution in [-0.2, 0) is 16.1 Å². The van der Waals surface area contributed by atoms with E-state index in [9.17, 15) is 9.59 Å². The fourth-order valence-corrected chi connectivity index (χ4v) is 4.05. The van der Waals surface area contributed by atoms with Crippen LogP contribution in [0.15, 0.2) is 30.3 Å². The summed E-state index contributed by atoms with van der Waals surface area (Å²) in [7, 11) is 0. The highest BCUT2D eigenvalue weighted by Crippen LogP contribution is 2.49. The first-order chi connectivity index (χ1) is 13.1. The van der Waals surface area contributed by atoms with Gasteiger partial charge in [-0.15, -0.1) is 0 Å². The smallest absolute Gasteiger partial charge is 0.238 e. The van der Waals surface area contributed by atoms with Gasteiger partial charge in [0.2, 0.25) is 11.8 Å². The van der Waals surface area contributed by atoms with Crippen molar-refractivity contribution in [3.63, 3.8) is 0 Å². The van der Waals surface area contributed by atoms with E-state index < -0.39 is 5.41 Å². The summed E-state index contributed by atoms with van der Waals surface area (Å²) < 4.78 is 0. The highest BCUT2D eigenvalue weighted by molar-refractivity contribution is 6.07. The lowest BCUT2D eigenvalue weighted by Crippen LogP contribution is -2.53. The van der Waals surface area contributed by atoms with Crippen molar-refractivity contribution in [2.24, 2.45) is 5.41 Å². The number of carbonyl (C=O) groups excluding carboxylic acids is 2. The number of carbonyl (C=O) groups is 2. The van der Waals surface area contributed by atoms with Crippen molar-refractivity contribution in [3.05, 3.63) is 35.9 Å². The Balaban J connectivity index is 1.56. The molecule has 148 valence electrons. The molecule has 5 nitrogen and oxygen atoms in total. The van der Waals surface area contributed by atoms with Crippen molar-refractivity contribution >= 4 is 11.8 Å². The number of rotatable bonds is 8. The van der Waals surface area contributed by atoms with Gasteiger partial charge in [-0.2, -0.15) is 0 Å². The fraction of sp³-hybridized carbons (Fsp3) is 0.636. The number of hydrogen-bond acceptors (Lipinski definition) is 3. The van der Waals surface area contributed by atoms with Gasteiger partial charge in [-0.3, -0.25) is 14.5 Å². The van der Waals surface area contributed by atoms with Gasteiger partial charge in [0.15, 0.2) is 0 Å². The van der Waals surface area contributed by atoms with Crippen molar-refractivity contribution in [2.45, 2.75) is 46.1 Å². The predicted molar refractivity (Wildman–Crippen MR) is 107 cm³/mol. The molecule has 2 aliphatic rings. The zero-order chi connectivity index (χ0) is 19.3. The number of hydrogen-bond donors (Lipinski definition) is 0. The van der Waals surface area contributed by atoms with E-state index in [1.165, 1.54) is 5.56 Å². The van der Waals surface area contributed by atoms with Crippen LogP contribution in [0.25, 0.3) is 0 Å². The third-order valence-electron chi connectivity index (χ3n) is 5.75. The number of nitrogens with zero attached hydrogens (tertiary/aromatic N) is 3. The van der Waals surface area contributed by atoms with E-state index in [2.05, 4.69) is 43.0 Å². The van der Waals surface area contributed by atoms with Gasteiger partial charge in [-0.1, -0.05) is 44.2 Å². The molecule has 0 unspecified atom stereocenters. The first-order valence-electron chi connectivity index (χ1n) is 10.5. The molecule has 27 heavy (non-hydrogen) atoms. The lowest BCUT2D eigenvalue weighted by Gasteiger charge is -2.37. The molecule has 0 spiro atoms. The van der Waals surface area contributed by atoms with Crippen LogP contribution in [-0.4, -0.2) is 65.8 Å². The van der Waals surface area contributed by atoms with Gasteiger partial charge in [-0.05, 0) is 31.2 Å². The first kappa shape index (κ1) is 19.9. The van der Waals surface area contributed by atoms with Crippen LogP contribution in [0.1, 0.15) is 45.1 Å². The van der Waals surface area contributed by atoms with Crippen LogP contribution in [0.3, 0.4) is 0 Å².